The van der Waals surface area contributed by atoms with E-state index < -0.39 is 6.10 Å². The van der Waals surface area contributed by atoms with Crippen LogP contribution in [0.2, 0.25) is 0 Å². The van der Waals surface area contributed by atoms with Crippen LogP contribution in [0.15, 0.2) is 30.5 Å². The Morgan fingerprint density at radius 2 is 2.13 bits per heavy atom. The number of anilines is 2. The fraction of sp³-hybridized carbons (Fsp3) is 0.444. The lowest BCUT2D eigenvalue weighted by Crippen LogP contribution is -2.31. The molecule has 1 aliphatic carbocycles. The summed E-state index contributed by atoms with van der Waals surface area (Å²) in [4.78, 5) is 11.3. The second-order valence-electron chi connectivity index (χ2n) is 6.53. The zero-order chi connectivity index (χ0) is 15.8. The van der Waals surface area contributed by atoms with E-state index in [-0.39, 0.29) is 0 Å². The molecule has 0 bridgehead atoms. The molecule has 1 aromatic heterocycles. The molecule has 0 radical (unpaired) electrons. The Kier molecular flexibility index (Phi) is 3.65. The van der Waals surface area contributed by atoms with Crippen LogP contribution in [0.3, 0.4) is 0 Å². The van der Waals surface area contributed by atoms with Crippen molar-refractivity contribution in [3.05, 3.63) is 47.2 Å². The molecule has 0 unspecified atom stereocenters. The van der Waals surface area contributed by atoms with Gasteiger partial charge in [-0.1, -0.05) is 18.2 Å². The lowest BCUT2D eigenvalue weighted by molar-refractivity contribution is 0.199. The SMILES string of the molecule is C[C@H](O)c1ccc2c(c1)CCN(c1ccnc(NC3CC3)n1)C2. The Balaban J connectivity index is 1.53. The van der Waals surface area contributed by atoms with E-state index in [1.807, 2.05) is 25.3 Å². The van der Waals surface area contributed by atoms with E-state index in [9.17, 15) is 5.11 Å². The van der Waals surface area contributed by atoms with Crippen LogP contribution < -0.4 is 10.2 Å². The normalized spacial score (nSPS) is 18.4. The van der Waals surface area contributed by atoms with Crippen molar-refractivity contribution in [3.63, 3.8) is 0 Å². The van der Waals surface area contributed by atoms with Gasteiger partial charge in [-0.25, -0.2) is 4.98 Å². The first-order chi connectivity index (χ1) is 11.2. The maximum atomic E-state index is 9.73. The average molecular weight is 310 g/mol. The number of hydrogen-bond donors (Lipinski definition) is 2. The van der Waals surface area contributed by atoms with Crippen molar-refractivity contribution in [1.29, 1.82) is 0 Å². The fourth-order valence-electron chi connectivity index (χ4n) is 3.03. The topological polar surface area (TPSA) is 61.3 Å². The molecule has 2 aromatic rings. The van der Waals surface area contributed by atoms with E-state index in [1.165, 1.54) is 24.0 Å². The number of nitrogens with one attached hydrogen (secondary N) is 1. The van der Waals surface area contributed by atoms with Crippen LogP contribution >= 0.6 is 0 Å². The number of aliphatic hydroxyl groups excluding tert-OH is 1. The molecule has 0 amide bonds. The van der Waals surface area contributed by atoms with Gasteiger partial charge < -0.3 is 15.3 Å². The van der Waals surface area contributed by atoms with Crippen molar-refractivity contribution < 1.29 is 5.11 Å². The number of benzene rings is 1. The minimum atomic E-state index is -0.406. The summed E-state index contributed by atoms with van der Waals surface area (Å²) < 4.78 is 0. The Labute approximate surface area is 136 Å². The first kappa shape index (κ1) is 14.5. The van der Waals surface area contributed by atoms with E-state index in [2.05, 4.69) is 32.3 Å². The molecule has 23 heavy (non-hydrogen) atoms. The molecule has 1 atom stereocenters. The Bertz CT molecular complexity index is 712. The zero-order valence-electron chi connectivity index (χ0n) is 13.4. The molecule has 0 spiro atoms. The van der Waals surface area contributed by atoms with Crippen LogP contribution in [0, 0.1) is 0 Å². The molecule has 1 aliphatic heterocycles. The first-order valence-corrected chi connectivity index (χ1v) is 8.33. The van der Waals surface area contributed by atoms with Crippen LogP contribution in [0.1, 0.15) is 42.6 Å². The van der Waals surface area contributed by atoms with Crippen LogP contribution in [-0.4, -0.2) is 27.7 Å². The summed E-state index contributed by atoms with van der Waals surface area (Å²) in [5.74, 6) is 1.72. The second kappa shape index (κ2) is 5.81. The summed E-state index contributed by atoms with van der Waals surface area (Å²) in [6.07, 6.45) is 4.84. The predicted octanol–water partition coefficient (Wildman–Crippen LogP) is 2.67. The van der Waals surface area contributed by atoms with Gasteiger partial charge in [0.25, 0.3) is 0 Å². The van der Waals surface area contributed by atoms with Crippen LogP contribution in [0.4, 0.5) is 11.8 Å². The highest BCUT2D eigenvalue weighted by atomic mass is 16.3. The summed E-state index contributed by atoms with van der Waals surface area (Å²) >= 11 is 0. The quantitative estimate of drug-likeness (QED) is 0.909. The maximum Gasteiger partial charge on any atom is 0.224 e. The zero-order valence-corrected chi connectivity index (χ0v) is 13.4. The van der Waals surface area contributed by atoms with E-state index in [4.69, 9.17) is 0 Å². The highest BCUT2D eigenvalue weighted by Gasteiger charge is 2.23. The van der Waals surface area contributed by atoms with Crippen molar-refractivity contribution in [2.24, 2.45) is 0 Å². The number of aliphatic hydroxyl groups is 1. The van der Waals surface area contributed by atoms with Gasteiger partial charge in [-0.15, -0.1) is 0 Å². The smallest absolute Gasteiger partial charge is 0.224 e. The number of rotatable bonds is 4. The van der Waals surface area contributed by atoms with Crippen LogP contribution in [-0.2, 0) is 13.0 Å². The maximum absolute atomic E-state index is 9.73. The highest BCUT2D eigenvalue weighted by molar-refractivity contribution is 5.47. The minimum Gasteiger partial charge on any atom is -0.389 e. The second-order valence-corrected chi connectivity index (χ2v) is 6.53. The third kappa shape index (κ3) is 3.15. The standard InChI is InChI=1S/C18H22N4O/c1-12(23)13-2-3-15-11-22(9-7-14(15)10-13)17-6-8-19-18(21-17)20-16-4-5-16/h2-3,6,8,10,12,16,23H,4-5,7,9,11H2,1H3,(H,19,20,21)/t12-/m0/s1. The van der Waals surface area contributed by atoms with Crippen molar-refractivity contribution >= 4 is 11.8 Å². The van der Waals surface area contributed by atoms with E-state index in [0.717, 1.165) is 36.8 Å². The summed E-state index contributed by atoms with van der Waals surface area (Å²) in [6.45, 7) is 3.61. The molecular weight excluding hydrogens is 288 g/mol. The predicted molar refractivity (Wildman–Crippen MR) is 90.5 cm³/mol. The largest absolute Gasteiger partial charge is 0.389 e. The molecular formula is C18H22N4O. The van der Waals surface area contributed by atoms with E-state index in [1.54, 1.807) is 0 Å². The van der Waals surface area contributed by atoms with Gasteiger partial charge in [-0.05, 0) is 48.9 Å². The average Bonchev–Trinajstić information content (AvgIpc) is 3.38. The molecule has 2 aliphatic rings. The Morgan fingerprint density at radius 3 is 2.91 bits per heavy atom. The summed E-state index contributed by atoms with van der Waals surface area (Å²) in [7, 11) is 0. The van der Waals surface area contributed by atoms with Gasteiger partial charge >= 0.3 is 0 Å². The lowest BCUT2D eigenvalue weighted by Gasteiger charge is -2.30. The molecule has 1 saturated carbocycles. The molecule has 120 valence electrons. The summed E-state index contributed by atoms with van der Waals surface area (Å²) in [6, 6.07) is 8.83. The molecule has 1 fully saturated rings. The van der Waals surface area contributed by atoms with Gasteiger partial charge in [-0.3, -0.25) is 0 Å². The molecule has 5 nitrogen and oxygen atoms in total. The minimum absolute atomic E-state index is 0.406. The molecule has 2 N–H and O–H groups in total. The summed E-state index contributed by atoms with van der Waals surface area (Å²) in [5, 5.41) is 13.1. The highest BCUT2D eigenvalue weighted by Crippen LogP contribution is 2.27. The molecule has 5 heteroatoms. The van der Waals surface area contributed by atoms with Gasteiger partial charge in [0.2, 0.25) is 5.95 Å². The van der Waals surface area contributed by atoms with Crippen molar-refractivity contribution in [2.45, 2.75) is 44.9 Å². The van der Waals surface area contributed by atoms with Crippen molar-refractivity contribution in [2.75, 3.05) is 16.8 Å². The van der Waals surface area contributed by atoms with Crippen molar-refractivity contribution in [3.8, 4) is 0 Å². The molecule has 0 saturated heterocycles. The first-order valence-electron chi connectivity index (χ1n) is 8.33. The third-order valence-electron chi connectivity index (χ3n) is 4.60. The van der Waals surface area contributed by atoms with Gasteiger partial charge in [0, 0.05) is 25.3 Å². The number of hydrogen-bond acceptors (Lipinski definition) is 5. The summed E-state index contributed by atoms with van der Waals surface area (Å²) in [5.41, 5.74) is 3.65. The Hall–Kier alpha value is -2.14. The van der Waals surface area contributed by atoms with Gasteiger partial charge in [0.1, 0.15) is 5.82 Å². The lowest BCUT2D eigenvalue weighted by atomic mass is 9.96. The molecule has 4 rings (SSSR count). The number of fused-ring (bicyclic) bond motifs is 1. The van der Waals surface area contributed by atoms with Crippen LogP contribution in [0.25, 0.3) is 0 Å². The monoisotopic (exact) mass is 310 g/mol. The van der Waals surface area contributed by atoms with E-state index in [0.29, 0.717) is 6.04 Å². The molecule has 1 aromatic carbocycles. The van der Waals surface area contributed by atoms with E-state index >= 15 is 0 Å². The number of nitrogens with zero attached hydrogens (tertiary/aromatic N) is 3. The Morgan fingerprint density at radius 1 is 1.26 bits per heavy atom. The van der Waals surface area contributed by atoms with Gasteiger partial charge in [0.05, 0.1) is 6.10 Å². The van der Waals surface area contributed by atoms with Gasteiger partial charge in [0.15, 0.2) is 0 Å². The molecule has 2 heterocycles. The van der Waals surface area contributed by atoms with Gasteiger partial charge in [-0.2, -0.15) is 4.98 Å². The third-order valence-corrected chi connectivity index (χ3v) is 4.60. The number of aromatic nitrogens is 2. The van der Waals surface area contributed by atoms with Crippen LogP contribution in [0.5, 0.6) is 0 Å². The fourth-order valence-corrected chi connectivity index (χ4v) is 3.03. The van der Waals surface area contributed by atoms with Crippen molar-refractivity contribution in [1.82, 2.24) is 9.97 Å².